The number of hydrogen-bond donors (Lipinski definition) is 1. The number of rotatable bonds is 11. The van der Waals surface area contributed by atoms with Gasteiger partial charge >= 0.3 is 17.9 Å². The van der Waals surface area contributed by atoms with E-state index in [0.29, 0.717) is 6.61 Å². The Hall–Kier alpha value is -2.20. The van der Waals surface area contributed by atoms with E-state index in [1.165, 1.54) is 27.7 Å². The summed E-state index contributed by atoms with van der Waals surface area (Å²) in [6, 6.07) is -0.921. The summed E-state index contributed by atoms with van der Waals surface area (Å²) >= 11 is 0. The van der Waals surface area contributed by atoms with Gasteiger partial charge in [-0.05, 0) is 6.42 Å². The summed E-state index contributed by atoms with van der Waals surface area (Å²) in [5, 5.41) is 2.66. The molecule has 0 saturated carbocycles. The Balaban J connectivity index is 3.13. The molecule has 0 aromatic carbocycles. The average molecular weight is 431 g/mol. The van der Waals surface area contributed by atoms with Crippen LogP contribution in [0.15, 0.2) is 0 Å². The monoisotopic (exact) mass is 431 g/mol. The van der Waals surface area contributed by atoms with Gasteiger partial charge in [0.05, 0.1) is 0 Å². The van der Waals surface area contributed by atoms with Crippen molar-refractivity contribution >= 4 is 23.8 Å². The van der Waals surface area contributed by atoms with E-state index in [4.69, 9.17) is 23.7 Å². The summed E-state index contributed by atoms with van der Waals surface area (Å²) < 4.78 is 27.5. The van der Waals surface area contributed by atoms with E-state index in [9.17, 15) is 19.2 Å². The van der Waals surface area contributed by atoms with Crippen LogP contribution in [0.4, 0.5) is 0 Å². The molecule has 0 radical (unpaired) electrons. The molecule has 1 aliphatic rings. The van der Waals surface area contributed by atoms with E-state index >= 15 is 0 Å². The van der Waals surface area contributed by atoms with E-state index in [1.807, 2.05) is 0 Å². The van der Waals surface area contributed by atoms with Crippen LogP contribution in [0, 0.1) is 0 Å². The SMILES string of the molecule is CCCCCCO[C@H]1O[C@@H](COC(C)=O)[C@@H](OC(C)=O)[C@@H](OC(C)=O)[C@@H]1NC(C)=O. The van der Waals surface area contributed by atoms with E-state index in [-0.39, 0.29) is 6.61 Å². The highest BCUT2D eigenvalue weighted by molar-refractivity contribution is 5.73. The first-order chi connectivity index (χ1) is 14.1. The van der Waals surface area contributed by atoms with Gasteiger partial charge < -0.3 is 29.0 Å². The lowest BCUT2D eigenvalue weighted by Gasteiger charge is -2.44. The number of carbonyl (C=O) groups is 4. The first-order valence-corrected chi connectivity index (χ1v) is 10.2. The summed E-state index contributed by atoms with van der Waals surface area (Å²) in [5.41, 5.74) is 0. The molecule has 1 rings (SSSR count). The highest BCUT2D eigenvalue weighted by Crippen LogP contribution is 2.28. The zero-order valence-electron chi connectivity index (χ0n) is 18.3. The lowest BCUT2D eigenvalue weighted by Crippen LogP contribution is -2.66. The van der Waals surface area contributed by atoms with Crippen molar-refractivity contribution in [2.75, 3.05) is 13.2 Å². The van der Waals surface area contributed by atoms with E-state index in [0.717, 1.165) is 25.7 Å². The third-order valence-electron chi connectivity index (χ3n) is 4.35. The minimum absolute atomic E-state index is 0.243. The van der Waals surface area contributed by atoms with E-state index < -0.39 is 54.5 Å². The molecule has 0 spiro atoms. The second-order valence-electron chi connectivity index (χ2n) is 7.15. The zero-order valence-corrected chi connectivity index (χ0v) is 18.3. The van der Waals surface area contributed by atoms with Crippen molar-refractivity contribution in [3.8, 4) is 0 Å². The Morgan fingerprint density at radius 1 is 0.867 bits per heavy atom. The largest absolute Gasteiger partial charge is 0.463 e. The topological polar surface area (TPSA) is 126 Å². The van der Waals surface area contributed by atoms with Crippen LogP contribution in [0.3, 0.4) is 0 Å². The second-order valence-corrected chi connectivity index (χ2v) is 7.15. The van der Waals surface area contributed by atoms with Crippen LogP contribution in [-0.4, -0.2) is 67.7 Å². The number of esters is 3. The fourth-order valence-corrected chi connectivity index (χ4v) is 3.16. The number of ether oxygens (including phenoxy) is 5. The standard InChI is InChI=1S/C20H33NO9/c1-6-7-8-9-10-26-20-17(21-12(2)22)19(29-15(5)25)18(28-14(4)24)16(30-20)11-27-13(3)23/h16-20H,6-11H2,1-5H3,(H,21,22)/t16-,17-,18+,19-,20-/m0/s1. The molecule has 1 heterocycles. The van der Waals surface area contributed by atoms with Crippen LogP contribution in [-0.2, 0) is 42.9 Å². The molecule has 0 aromatic heterocycles. The van der Waals surface area contributed by atoms with Gasteiger partial charge in [-0.25, -0.2) is 0 Å². The highest BCUT2D eigenvalue weighted by Gasteiger charge is 2.51. The Kier molecular flexibility index (Phi) is 11.3. The fourth-order valence-electron chi connectivity index (χ4n) is 3.16. The average Bonchev–Trinajstić information content (AvgIpc) is 2.63. The Morgan fingerprint density at radius 3 is 2.03 bits per heavy atom. The number of unbranched alkanes of at least 4 members (excludes halogenated alkanes) is 3. The zero-order chi connectivity index (χ0) is 22.7. The number of nitrogens with one attached hydrogen (secondary N) is 1. The molecule has 1 fully saturated rings. The number of hydrogen-bond acceptors (Lipinski definition) is 9. The molecule has 1 amide bonds. The van der Waals surface area contributed by atoms with E-state index in [1.54, 1.807) is 0 Å². The van der Waals surface area contributed by atoms with Crippen molar-refractivity contribution in [2.45, 2.75) is 90.9 Å². The molecular formula is C20H33NO9. The molecule has 1 aliphatic heterocycles. The van der Waals surface area contributed by atoms with Gasteiger partial charge in [0, 0.05) is 34.3 Å². The summed E-state index contributed by atoms with van der Waals surface area (Å²) in [6.45, 7) is 7.13. The molecule has 0 aromatic rings. The number of amides is 1. The van der Waals surface area contributed by atoms with Crippen LogP contribution in [0.5, 0.6) is 0 Å². The van der Waals surface area contributed by atoms with Gasteiger partial charge in [-0.3, -0.25) is 19.2 Å². The normalized spacial score (nSPS) is 25.8. The van der Waals surface area contributed by atoms with Gasteiger partial charge in [-0.15, -0.1) is 0 Å². The molecule has 30 heavy (non-hydrogen) atoms. The van der Waals surface area contributed by atoms with Gasteiger partial charge in [-0.2, -0.15) is 0 Å². The lowest BCUT2D eigenvalue weighted by atomic mass is 9.96. The minimum atomic E-state index is -1.11. The van der Waals surface area contributed by atoms with E-state index in [2.05, 4.69) is 12.2 Å². The molecule has 5 atom stereocenters. The molecule has 172 valence electrons. The van der Waals surface area contributed by atoms with Crippen molar-refractivity contribution in [3.05, 3.63) is 0 Å². The first-order valence-electron chi connectivity index (χ1n) is 10.2. The molecular weight excluding hydrogens is 398 g/mol. The van der Waals surface area contributed by atoms with Gasteiger partial charge in [0.1, 0.15) is 18.8 Å². The second kappa shape index (κ2) is 13.2. The molecule has 0 aliphatic carbocycles. The van der Waals surface area contributed by atoms with Crippen LogP contribution >= 0.6 is 0 Å². The van der Waals surface area contributed by atoms with Crippen LogP contribution in [0.2, 0.25) is 0 Å². The third-order valence-corrected chi connectivity index (χ3v) is 4.35. The lowest BCUT2D eigenvalue weighted by molar-refractivity contribution is -0.277. The summed E-state index contributed by atoms with van der Waals surface area (Å²) in [6.07, 6.45) is -0.274. The Labute approximate surface area is 176 Å². The van der Waals surface area contributed by atoms with Crippen molar-refractivity contribution in [3.63, 3.8) is 0 Å². The van der Waals surface area contributed by atoms with Crippen LogP contribution in [0.1, 0.15) is 60.3 Å². The molecule has 1 saturated heterocycles. The maximum Gasteiger partial charge on any atom is 0.303 e. The van der Waals surface area contributed by atoms with Gasteiger partial charge in [0.25, 0.3) is 0 Å². The number of carbonyl (C=O) groups excluding carboxylic acids is 4. The predicted octanol–water partition coefficient (Wildman–Crippen LogP) is 1.24. The summed E-state index contributed by atoms with van der Waals surface area (Å²) in [5.74, 6) is -2.23. The van der Waals surface area contributed by atoms with Crippen LogP contribution < -0.4 is 5.32 Å². The molecule has 1 N–H and O–H groups in total. The Morgan fingerprint density at radius 2 is 1.50 bits per heavy atom. The fraction of sp³-hybridized carbons (Fsp3) is 0.800. The maximum atomic E-state index is 11.8. The minimum Gasteiger partial charge on any atom is -0.463 e. The molecule has 10 nitrogen and oxygen atoms in total. The van der Waals surface area contributed by atoms with Crippen molar-refractivity contribution in [2.24, 2.45) is 0 Å². The highest BCUT2D eigenvalue weighted by atomic mass is 16.7. The summed E-state index contributed by atoms with van der Waals surface area (Å²) in [7, 11) is 0. The third kappa shape index (κ3) is 9.08. The quantitative estimate of drug-likeness (QED) is 0.292. The van der Waals surface area contributed by atoms with Crippen molar-refractivity contribution < 1.29 is 42.9 Å². The smallest absolute Gasteiger partial charge is 0.303 e. The molecule has 0 unspecified atom stereocenters. The summed E-state index contributed by atoms with van der Waals surface area (Å²) in [4.78, 5) is 46.5. The van der Waals surface area contributed by atoms with Crippen molar-refractivity contribution in [1.29, 1.82) is 0 Å². The maximum absolute atomic E-state index is 11.8. The first kappa shape index (κ1) is 25.8. The molecule has 10 heteroatoms. The molecule has 0 bridgehead atoms. The van der Waals surface area contributed by atoms with Gasteiger partial charge in [0.2, 0.25) is 5.91 Å². The Bertz CT molecular complexity index is 595. The van der Waals surface area contributed by atoms with Crippen LogP contribution in [0.25, 0.3) is 0 Å². The predicted molar refractivity (Wildman–Crippen MR) is 104 cm³/mol. The van der Waals surface area contributed by atoms with Crippen molar-refractivity contribution in [1.82, 2.24) is 5.32 Å². The van der Waals surface area contributed by atoms with Gasteiger partial charge in [0.15, 0.2) is 18.5 Å². The van der Waals surface area contributed by atoms with Gasteiger partial charge in [-0.1, -0.05) is 26.2 Å².